The molecule has 4 rings (SSSR count). The van der Waals surface area contributed by atoms with E-state index in [0.29, 0.717) is 12.2 Å². The van der Waals surface area contributed by atoms with Gasteiger partial charge in [-0.15, -0.1) is 10.2 Å². The Morgan fingerprint density at radius 1 is 0.933 bits per heavy atom. The minimum Gasteiger partial charge on any atom is -0.485 e. The van der Waals surface area contributed by atoms with Gasteiger partial charge in [-0.2, -0.15) is 5.26 Å². The van der Waals surface area contributed by atoms with Gasteiger partial charge in [0.15, 0.2) is 11.0 Å². The molecule has 148 valence electrons. The number of aryl methyl sites for hydroxylation is 1. The van der Waals surface area contributed by atoms with Crippen LogP contribution in [0, 0.1) is 18.3 Å². The van der Waals surface area contributed by atoms with E-state index >= 15 is 0 Å². The number of nitrogens with zero attached hydrogens (tertiary/aromatic N) is 4. The number of ether oxygens (including phenoxy) is 1. The van der Waals surface area contributed by atoms with Crippen molar-refractivity contribution in [3.05, 3.63) is 101 Å². The van der Waals surface area contributed by atoms with Gasteiger partial charge in [0.1, 0.15) is 12.4 Å². The molecule has 0 radical (unpaired) electrons. The minimum atomic E-state index is 0.324. The van der Waals surface area contributed by atoms with Crippen molar-refractivity contribution in [3.8, 4) is 17.5 Å². The molecule has 0 spiro atoms. The van der Waals surface area contributed by atoms with Gasteiger partial charge in [0.2, 0.25) is 0 Å². The van der Waals surface area contributed by atoms with Gasteiger partial charge in [0, 0.05) is 11.4 Å². The molecule has 1 aromatic heterocycles. The van der Waals surface area contributed by atoms with Gasteiger partial charge in [0.05, 0.1) is 11.6 Å². The summed E-state index contributed by atoms with van der Waals surface area (Å²) in [6.45, 7) is 2.35. The number of para-hydroxylation sites is 2. The van der Waals surface area contributed by atoms with Crippen LogP contribution in [0.5, 0.6) is 5.75 Å². The zero-order valence-electron chi connectivity index (χ0n) is 16.5. The third kappa shape index (κ3) is 4.53. The SMILES string of the molecule is Cc1ccccc1OCc1nnc(SCc2ccc(C#N)cc2)n1-c1ccccc1. The van der Waals surface area contributed by atoms with Gasteiger partial charge in [-0.3, -0.25) is 4.57 Å². The highest BCUT2D eigenvalue weighted by Gasteiger charge is 2.15. The number of hydrogen-bond donors (Lipinski definition) is 0. The molecule has 0 amide bonds. The fourth-order valence-electron chi connectivity index (χ4n) is 3.01. The molecule has 3 aromatic carbocycles. The van der Waals surface area contributed by atoms with Crippen molar-refractivity contribution in [2.24, 2.45) is 0 Å². The summed E-state index contributed by atoms with van der Waals surface area (Å²) < 4.78 is 8.06. The van der Waals surface area contributed by atoms with Gasteiger partial charge >= 0.3 is 0 Å². The van der Waals surface area contributed by atoms with Crippen LogP contribution >= 0.6 is 11.8 Å². The Labute approximate surface area is 180 Å². The van der Waals surface area contributed by atoms with Crippen molar-refractivity contribution in [1.82, 2.24) is 14.8 Å². The number of benzene rings is 3. The summed E-state index contributed by atoms with van der Waals surface area (Å²) in [4.78, 5) is 0. The third-order valence-corrected chi connectivity index (χ3v) is 5.62. The van der Waals surface area contributed by atoms with Crippen LogP contribution < -0.4 is 4.74 Å². The summed E-state index contributed by atoms with van der Waals surface area (Å²) in [5.41, 5.74) is 3.86. The zero-order valence-corrected chi connectivity index (χ0v) is 17.3. The summed E-state index contributed by atoms with van der Waals surface area (Å²) >= 11 is 1.60. The van der Waals surface area contributed by atoms with Crippen molar-refractivity contribution in [1.29, 1.82) is 5.26 Å². The normalized spacial score (nSPS) is 10.5. The van der Waals surface area contributed by atoms with Crippen LogP contribution in [0.4, 0.5) is 0 Å². The number of aromatic nitrogens is 3. The van der Waals surface area contributed by atoms with E-state index in [0.717, 1.165) is 39.3 Å². The van der Waals surface area contributed by atoms with Crippen molar-refractivity contribution < 1.29 is 4.74 Å². The van der Waals surface area contributed by atoms with Crippen LogP contribution in [0.25, 0.3) is 5.69 Å². The molecule has 5 nitrogen and oxygen atoms in total. The fraction of sp³-hybridized carbons (Fsp3) is 0.125. The van der Waals surface area contributed by atoms with Crippen LogP contribution in [-0.4, -0.2) is 14.8 Å². The smallest absolute Gasteiger partial charge is 0.196 e. The third-order valence-electron chi connectivity index (χ3n) is 4.62. The number of thioether (sulfide) groups is 1. The van der Waals surface area contributed by atoms with Crippen LogP contribution in [0.3, 0.4) is 0 Å². The maximum Gasteiger partial charge on any atom is 0.196 e. The Balaban J connectivity index is 1.57. The van der Waals surface area contributed by atoms with E-state index in [4.69, 9.17) is 10.00 Å². The van der Waals surface area contributed by atoms with Crippen molar-refractivity contribution in [2.75, 3.05) is 0 Å². The summed E-state index contributed by atoms with van der Waals surface area (Å²) in [6.07, 6.45) is 0. The largest absolute Gasteiger partial charge is 0.485 e. The van der Waals surface area contributed by atoms with Crippen LogP contribution in [0.1, 0.15) is 22.5 Å². The topological polar surface area (TPSA) is 63.7 Å². The second-order valence-electron chi connectivity index (χ2n) is 6.72. The lowest BCUT2D eigenvalue weighted by atomic mass is 10.2. The highest BCUT2D eigenvalue weighted by molar-refractivity contribution is 7.98. The molecule has 0 unspecified atom stereocenters. The lowest BCUT2D eigenvalue weighted by Gasteiger charge is -2.12. The molecule has 0 saturated carbocycles. The van der Waals surface area contributed by atoms with Gasteiger partial charge in [-0.1, -0.05) is 60.3 Å². The highest BCUT2D eigenvalue weighted by atomic mass is 32.2. The molecule has 0 N–H and O–H groups in total. The summed E-state index contributed by atoms with van der Waals surface area (Å²) in [7, 11) is 0. The van der Waals surface area contributed by atoms with E-state index < -0.39 is 0 Å². The van der Waals surface area contributed by atoms with Crippen molar-refractivity contribution >= 4 is 11.8 Å². The number of nitriles is 1. The molecule has 0 bridgehead atoms. The molecular weight excluding hydrogens is 392 g/mol. The Hall–Kier alpha value is -3.56. The van der Waals surface area contributed by atoms with Gasteiger partial charge in [-0.25, -0.2) is 0 Å². The van der Waals surface area contributed by atoms with Crippen LogP contribution in [-0.2, 0) is 12.4 Å². The molecule has 0 aliphatic carbocycles. The molecule has 0 atom stereocenters. The van der Waals surface area contributed by atoms with Crippen LogP contribution in [0.2, 0.25) is 0 Å². The predicted molar refractivity (Wildman–Crippen MR) is 118 cm³/mol. The minimum absolute atomic E-state index is 0.324. The van der Waals surface area contributed by atoms with Crippen molar-refractivity contribution in [3.63, 3.8) is 0 Å². The van der Waals surface area contributed by atoms with Crippen LogP contribution in [0.15, 0.2) is 84.0 Å². The monoisotopic (exact) mass is 412 g/mol. The van der Waals surface area contributed by atoms with E-state index in [2.05, 4.69) is 16.3 Å². The van der Waals surface area contributed by atoms with E-state index in [1.165, 1.54) is 0 Å². The molecule has 0 fully saturated rings. The Bertz CT molecular complexity index is 1160. The van der Waals surface area contributed by atoms with Gasteiger partial charge in [0.25, 0.3) is 0 Å². The molecule has 6 heteroatoms. The predicted octanol–water partition coefficient (Wildman–Crippen LogP) is 5.32. The van der Waals surface area contributed by atoms with E-state index in [-0.39, 0.29) is 0 Å². The summed E-state index contributed by atoms with van der Waals surface area (Å²) in [5.74, 6) is 2.31. The number of rotatable bonds is 7. The molecule has 1 heterocycles. The maximum absolute atomic E-state index is 8.96. The lowest BCUT2D eigenvalue weighted by molar-refractivity contribution is 0.291. The molecule has 0 saturated heterocycles. The maximum atomic E-state index is 8.96. The molecule has 0 aliphatic rings. The Morgan fingerprint density at radius 2 is 1.67 bits per heavy atom. The lowest BCUT2D eigenvalue weighted by Crippen LogP contribution is -2.07. The zero-order chi connectivity index (χ0) is 20.8. The second kappa shape index (κ2) is 9.29. The number of hydrogen-bond acceptors (Lipinski definition) is 5. The first-order valence-electron chi connectivity index (χ1n) is 9.54. The van der Waals surface area contributed by atoms with Gasteiger partial charge in [-0.05, 0) is 48.4 Å². The van der Waals surface area contributed by atoms with Gasteiger partial charge < -0.3 is 4.74 Å². The first-order chi connectivity index (χ1) is 14.7. The molecular formula is C24H20N4OS. The first-order valence-corrected chi connectivity index (χ1v) is 10.5. The quantitative estimate of drug-likeness (QED) is 0.385. The standard InChI is InChI=1S/C24H20N4OS/c1-18-7-5-6-10-22(18)29-16-23-26-27-24(28(23)21-8-3-2-4-9-21)30-17-20-13-11-19(15-25)12-14-20/h2-14H,16-17H2,1H3. The van der Waals surface area contributed by atoms with E-state index in [1.807, 2.05) is 90.4 Å². The summed E-state index contributed by atoms with van der Waals surface area (Å²) in [5, 5.41) is 18.6. The molecule has 30 heavy (non-hydrogen) atoms. The average molecular weight is 413 g/mol. The van der Waals surface area contributed by atoms with Crippen molar-refractivity contribution in [2.45, 2.75) is 24.4 Å². The molecule has 4 aromatic rings. The van der Waals surface area contributed by atoms with E-state index in [1.54, 1.807) is 11.8 Å². The highest BCUT2D eigenvalue weighted by Crippen LogP contribution is 2.26. The Kier molecular flexibility index (Phi) is 6.11. The first kappa shape index (κ1) is 19.7. The Morgan fingerprint density at radius 3 is 2.40 bits per heavy atom. The molecule has 0 aliphatic heterocycles. The van der Waals surface area contributed by atoms with E-state index in [9.17, 15) is 0 Å². The average Bonchev–Trinajstić information content (AvgIpc) is 3.21. The second-order valence-corrected chi connectivity index (χ2v) is 7.66. The summed E-state index contributed by atoms with van der Waals surface area (Å²) in [6, 6.07) is 27.7. The fourth-order valence-corrected chi connectivity index (χ4v) is 3.93.